The first-order chi connectivity index (χ1) is 9.10. The van der Waals surface area contributed by atoms with Crippen LogP contribution in [0.1, 0.15) is 21.5 Å². The second kappa shape index (κ2) is 5.76. The van der Waals surface area contributed by atoms with Crippen LogP contribution in [0, 0.1) is 6.92 Å². The Kier molecular flexibility index (Phi) is 4.07. The Morgan fingerprint density at radius 2 is 1.89 bits per heavy atom. The third-order valence-electron chi connectivity index (χ3n) is 2.83. The number of aryl methyl sites for hydroxylation is 1. The Morgan fingerprint density at radius 1 is 1.21 bits per heavy atom. The molecule has 0 heterocycles. The lowest BCUT2D eigenvalue weighted by Crippen LogP contribution is -2.11. The Bertz CT molecular complexity index is 594. The van der Waals surface area contributed by atoms with E-state index in [0.717, 1.165) is 11.1 Å². The van der Waals surface area contributed by atoms with Crippen molar-refractivity contribution in [2.45, 2.75) is 12.8 Å². The van der Waals surface area contributed by atoms with Gasteiger partial charge >= 0.3 is 0 Å². The van der Waals surface area contributed by atoms with Crippen molar-refractivity contribution in [3.63, 3.8) is 0 Å². The summed E-state index contributed by atoms with van der Waals surface area (Å²) in [7, 11) is 0. The molecule has 0 fully saturated rings. The van der Waals surface area contributed by atoms with Gasteiger partial charge in [0.2, 0.25) is 0 Å². The summed E-state index contributed by atoms with van der Waals surface area (Å²) in [5.74, 6) is 0.453. The van der Waals surface area contributed by atoms with Gasteiger partial charge in [-0.05, 0) is 48.4 Å². The fourth-order valence-corrected chi connectivity index (χ4v) is 1.86. The van der Waals surface area contributed by atoms with Gasteiger partial charge in [0.15, 0.2) is 0 Å². The zero-order valence-corrected chi connectivity index (χ0v) is 11.2. The summed E-state index contributed by atoms with van der Waals surface area (Å²) in [5.41, 5.74) is 2.91. The molecule has 1 amide bonds. The minimum atomic E-state index is -0.189. The largest absolute Gasteiger partial charge is 0.508 e. The summed E-state index contributed by atoms with van der Waals surface area (Å²) in [6.07, 6.45) is 0. The van der Waals surface area contributed by atoms with Crippen LogP contribution in [0.15, 0.2) is 42.5 Å². The van der Waals surface area contributed by atoms with Gasteiger partial charge in [0.25, 0.3) is 5.91 Å². The Balaban J connectivity index is 2.13. The number of amides is 1. The van der Waals surface area contributed by atoms with E-state index in [1.807, 2.05) is 12.1 Å². The summed E-state index contributed by atoms with van der Waals surface area (Å²) in [6.45, 7) is 1.78. The van der Waals surface area contributed by atoms with Gasteiger partial charge in [-0.2, -0.15) is 0 Å². The second-order valence-electron chi connectivity index (χ2n) is 4.29. The Morgan fingerprint density at radius 3 is 2.47 bits per heavy atom. The van der Waals surface area contributed by atoms with E-state index in [4.69, 9.17) is 11.6 Å². The fourth-order valence-electron chi connectivity index (χ4n) is 1.68. The molecule has 0 aliphatic carbocycles. The van der Waals surface area contributed by atoms with Crippen molar-refractivity contribution in [2.24, 2.45) is 0 Å². The van der Waals surface area contributed by atoms with Crippen molar-refractivity contribution in [1.82, 2.24) is 0 Å². The molecule has 0 atom stereocenters. The number of halogens is 1. The molecule has 0 aromatic heterocycles. The van der Waals surface area contributed by atoms with Crippen LogP contribution in [-0.2, 0) is 5.88 Å². The molecule has 2 rings (SSSR count). The highest BCUT2D eigenvalue weighted by Crippen LogP contribution is 2.20. The van der Waals surface area contributed by atoms with E-state index in [-0.39, 0.29) is 11.7 Å². The van der Waals surface area contributed by atoms with Crippen LogP contribution in [-0.4, -0.2) is 11.0 Å². The number of nitrogens with one attached hydrogen (secondary N) is 1. The van der Waals surface area contributed by atoms with Crippen molar-refractivity contribution in [3.05, 3.63) is 59.2 Å². The van der Waals surface area contributed by atoms with E-state index in [0.29, 0.717) is 17.1 Å². The minimum absolute atomic E-state index is 0.189. The van der Waals surface area contributed by atoms with Crippen LogP contribution in [0.4, 0.5) is 5.69 Å². The standard InChI is InChI=1S/C15H14ClNO2/c1-10-8-13(6-7-14(10)18)17-15(19)12-4-2-11(9-16)3-5-12/h2-8,18H,9H2,1H3,(H,17,19). The quantitative estimate of drug-likeness (QED) is 0.663. The van der Waals surface area contributed by atoms with Gasteiger partial charge in [-0.1, -0.05) is 12.1 Å². The van der Waals surface area contributed by atoms with Crippen molar-refractivity contribution in [3.8, 4) is 5.75 Å². The fraction of sp³-hybridized carbons (Fsp3) is 0.133. The normalized spacial score (nSPS) is 10.2. The number of benzene rings is 2. The number of phenolic OH excluding ortho intramolecular Hbond substituents is 1. The van der Waals surface area contributed by atoms with E-state index >= 15 is 0 Å². The molecule has 3 nitrogen and oxygen atoms in total. The van der Waals surface area contributed by atoms with E-state index in [1.54, 1.807) is 37.3 Å². The third-order valence-corrected chi connectivity index (χ3v) is 3.13. The maximum absolute atomic E-state index is 12.0. The summed E-state index contributed by atoms with van der Waals surface area (Å²) < 4.78 is 0. The number of hydrogen-bond acceptors (Lipinski definition) is 2. The zero-order valence-electron chi connectivity index (χ0n) is 10.5. The maximum Gasteiger partial charge on any atom is 0.255 e. The molecule has 0 unspecified atom stereocenters. The van der Waals surface area contributed by atoms with E-state index in [1.165, 1.54) is 0 Å². The van der Waals surface area contributed by atoms with Gasteiger partial charge < -0.3 is 10.4 Å². The lowest BCUT2D eigenvalue weighted by molar-refractivity contribution is 0.102. The first-order valence-electron chi connectivity index (χ1n) is 5.86. The number of hydrogen-bond donors (Lipinski definition) is 2. The van der Waals surface area contributed by atoms with Gasteiger partial charge in [0, 0.05) is 17.1 Å². The third kappa shape index (κ3) is 3.26. The highest BCUT2D eigenvalue weighted by Gasteiger charge is 2.06. The average Bonchev–Trinajstić information content (AvgIpc) is 2.43. The highest BCUT2D eigenvalue weighted by molar-refractivity contribution is 6.17. The number of carbonyl (C=O) groups is 1. The summed E-state index contributed by atoms with van der Waals surface area (Å²) in [4.78, 5) is 12.0. The minimum Gasteiger partial charge on any atom is -0.508 e. The molecule has 0 saturated carbocycles. The molecule has 2 aromatic carbocycles. The molecule has 0 bridgehead atoms. The monoisotopic (exact) mass is 275 g/mol. The molecular weight excluding hydrogens is 262 g/mol. The smallest absolute Gasteiger partial charge is 0.255 e. The average molecular weight is 276 g/mol. The molecule has 4 heteroatoms. The molecule has 0 aliphatic heterocycles. The molecule has 19 heavy (non-hydrogen) atoms. The number of rotatable bonds is 3. The molecule has 0 spiro atoms. The summed E-state index contributed by atoms with van der Waals surface area (Å²) in [6, 6.07) is 12.1. The number of phenols is 1. The molecule has 2 N–H and O–H groups in total. The number of anilines is 1. The molecule has 0 radical (unpaired) electrons. The van der Waals surface area contributed by atoms with Crippen LogP contribution >= 0.6 is 11.6 Å². The van der Waals surface area contributed by atoms with Gasteiger partial charge in [0.1, 0.15) is 5.75 Å². The van der Waals surface area contributed by atoms with Crippen LogP contribution in [0.3, 0.4) is 0 Å². The van der Waals surface area contributed by atoms with Gasteiger partial charge in [0.05, 0.1) is 0 Å². The van der Waals surface area contributed by atoms with Crippen LogP contribution in [0.25, 0.3) is 0 Å². The van der Waals surface area contributed by atoms with Gasteiger partial charge in [-0.25, -0.2) is 0 Å². The lowest BCUT2D eigenvalue weighted by atomic mass is 10.1. The molecule has 2 aromatic rings. The van der Waals surface area contributed by atoms with Crippen LogP contribution < -0.4 is 5.32 Å². The van der Waals surface area contributed by atoms with Crippen LogP contribution in [0.5, 0.6) is 5.75 Å². The van der Waals surface area contributed by atoms with Crippen molar-refractivity contribution >= 4 is 23.2 Å². The highest BCUT2D eigenvalue weighted by atomic mass is 35.5. The predicted octanol–water partition coefficient (Wildman–Crippen LogP) is 3.69. The van der Waals surface area contributed by atoms with E-state index < -0.39 is 0 Å². The SMILES string of the molecule is Cc1cc(NC(=O)c2ccc(CCl)cc2)ccc1O. The number of alkyl halides is 1. The second-order valence-corrected chi connectivity index (χ2v) is 4.55. The molecule has 98 valence electrons. The molecule has 0 aliphatic rings. The summed E-state index contributed by atoms with van der Waals surface area (Å²) >= 11 is 5.70. The Labute approximate surface area is 116 Å². The van der Waals surface area contributed by atoms with Crippen LogP contribution in [0.2, 0.25) is 0 Å². The maximum atomic E-state index is 12.0. The first kappa shape index (κ1) is 13.4. The number of aromatic hydroxyl groups is 1. The van der Waals surface area contributed by atoms with Crippen molar-refractivity contribution < 1.29 is 9.90 Å². The number of carbonyl (C=O) groups excluding carboxylic acids is 1. The predicted molar refractivity (Wildman–Crippen MR) is 76.8 cm³/mol. The molecular formula is C15H14ClNO2. The van der Waals surface area contributed by atoms with Gasteiger partial charge in [-0.15, -0.1) is 11.6 Å². The summed E-state index contributed by atoms with van der Waals surface area (Å²) in [5, 5.41) is 12.2. The zero-order chi connectivity index (χ0) is 13.8. The van der Waals surface area contributed by atoms with Gasteiger partial charge in [-0.3, -0.25) is 4.79 Å². The van der Waals surface area contributed by atoms with E-state index in [9.17, 15) is 9.90 Å². The van der Waals surface area contributed by atoms with E-state index in [2.05, 4.69) is 5.32 Å². The molecule has 0 saturated heterocycles. The topological polar surface area (TPSA) is 49.3 Å². The Hall–Kier alpha value is -2.00. The lowest BCUT2D eigenvalue weighted by Gasteiger charge is -2.07. The van der Waals surface area contributed by atoms with Crippen molar-refractivity contribution in [1.29, 1.82) is 0 Å². The first-order valence-corrected chi connectivity index (χ1v) is 6.39. The van der Waals surface area contributed by atoms with Crippen molar-refractivity contribution in [2.75, 3.05) is 5.32 Å².